The van der Waals surface area contributed by atoms with Gasteiger partial charge >= 0.3 is 0 Å². The Hall–Kier alpha value is -1.97. The standard InChI is InChI=1S/C11H10N2O2/c1-7-10(8(2)14)15-11(13-7)9-4-3-5-12-6-9/h3-6H,1-2H3. The minimum Gasteiger partial charge on any atom is -0.433 e. The van der Waals surface area contributed by atoms with Gasteiger partial charge in [-0.1, -0.05) is 0 Å². The molecule has 0 fully saturated rings. The molecule has 0 saturated heterocycles. The summed E-state index contributed by atoms with van der Waals surface area (Å²) in [5.41, 5.74) is 1.38. The maximum absolute atomic E-state index is 11.2. The van der Waals surface area contributed by atoms with Gasteiger partial charge in [0.2, 0.25) is 5.89 Å². The zero-order chi connectivity index (χ0) is 10.8. The highest BCUT2D eigenvalue weighted by molar-refractivity contribution is 5.92. The Kier molecular flexibility index (Phi) is 2.33. The van der Waals surface area contributed by atoms with Crippen molar-refractivity contribution in [1.29, 1.82) is 0 Å². The van der Waals surface area contributed by atoms with Crippen molar-refractivity contribution in [2.45, 2.75) is 13.8 Å². The van der Waals surface area contributed by atoms with Gasteiger partial charge in [0.15, 0.2) is 11.5 Å². The van der Waals surface area contributed by atoms with Crippen molar-refractivity contribution in [3.63, 3.8) is 0 Å². The lowest BCUT2D eigenvalue weighted by atomic mass is 10.3. The van der Waals surface area contributed by atoms with Gasteiger partial charge in [-0.2, -0.15) is 0 Å². The van der Waals surface area contributed by atoms with E-state index in [-0.39, 0.29) is 5.78 Å². The first kappa shape index (κ1) is 9.58. The van der Waals surface area contributed by atoms with E-state index in [4.69, 9.17) is 4.42 Å². The Balaban J connectivity index is 2.48. The molecule has 0 atom stereocenters. The normalized spacial score (nSPS) is 10.3. The molecule has 2 heterocycles. The molecular weight excluding hydrogens is 192 g/mol. The van der Waals surface area contributed by atoms with E-state index in [9.17, 15) is 4.79 Å². The molecule has 0 aliphatic heterocycles. The number of nitrogens with zero attached hydrogens (tertiary/aromatic N) is 2. The fourth-order valence-corrected chi connectivity index (χ4v) is 1.34. The summed E-state index contributed by atoms with van der Waals surface area (Å²) in [4.78, 5) is 19.3. The first-order valence-corrected chi connectivity index (χ1v) is 4.57. The van der Waals surface area contributed by atoms with Crippen LogP contribution in [0.15, 0.2) is 28.9 Å². The van der Waals surface area contributed by atoms with Crippen LogP contribution in [0.25, 0.3) is 11.5 Å². The van der Waals surface area contributed by atoms with Gasteiger partial charge in [0.25, 0.3) is 0 Å². The Labute approximate surface area is 87.0 Å². The molecule has 0 bridgehead atoms. The summed E-state index contributed by atoms with van der Waals surface area (Å²) >= 11 is 0. The number of hydrogen-bond acceptors (Lipinski definition) is 4. The molecule has 0 spiro atoms. The second-order valence-electron chi connectivity index (χ2n) is 3.23. The van der Waals surface area contributed by atoms with E-state index in [1.54, 1.807) is 25.4 Å². The first-order valence-electron chi connectivity index (χ1n) is 4.57. The molecule has 0 aliphatic carbocycles. The van der Waals surface area contributed by atoms with Crippen LogP contribution < -0.4 is 0 Å². The van der Waals surface area contributed by atoms with Crippen LogP contribution in [-0.2, 0) is 0 Å². The zero-order valence-corrected chi connectivity index (χ0v) is 8.52. The lowest BCUT2D eigenvalue weighted by Crippen LogP contribution is -1.90. The highest BCUT2D eigenvalue weighted by Gasteiger charge is 2.14. The SMILES string of the molecule is CC(=O)c1oc(-c2cccnc2)nc1C. The van der Waals surface area contributed by atoms with Gasteiger partial charge in [-0.05, 0) is 19.1 Å². The molecule has 76 valence electrons. The van der Waals surface area contributed by atoms with Crippen molar-refractivity contribution < 1.29 is 9.21 Å². The predicted molar refractivity (Wildman–Crippen MR) is 54.5 cm³/mol. The summed E-state index contributed by atoms with van der Waals surface area (Å²) < 4.78 is 5.36. The molecule has 0 aromatic carbocycles. The number of aryl methyl sites for hydroxylation is 1. The van der Waals surface area contributed by atoms with E-state index in [1.807, 2.05) is 6.07 Å². The van der Waals surface area contributed by atoms with E-state index < -0.39 is 0 Å². The van der Waals surface area contributed by atoms with Crippen molar-refractivity contribution in [2.24, 2.45) is 0 Å². The fourth-order valence-electron chi connectivity index (χ4n) is 1.34. The molecule has 0 N–H and O–H groups in total. The van der Waals surface area contributed by atoms with Gasteiger partial charge in [0.05, 0.1) is 11.3 Å². The van der Waals surface area contributed by atoms with Crippen LogP contribution >= 0.6 is 0 Å². The van der Waals surface area contributed by atoms with Crippen LogP contribution in [-0.4, -0.2) is 15.8 Å². The number of pyridine rings is 1. The van der Waals surface area contributed by atoms with Crippen molar-refractivity contribution in [1.82, 2.24) is 9.97 Å². The Morgan fingerprint density at radius 2 is 2.27 bits per heavy atom. The monoisotopic (exact) mass is 202 g/mol. The summed E-state index contributed by atoms with van der Waals surface area (Å²) in [6.45, 7) is 3.21. The third-order valence-corrected chi connectivity index (χ3v) is 2.02. The number of rotatable bonds is 2. The Morgan fingerprint density at radius 1 is 1.47 bits per heavy atom. The largest absolute Gasteiger partial charge is 0.433 e. The predicted octanol–water partition coefficient (Wildman–Crippen LogP) is 2.25. The number of hydrogen-bond donors (Lipinski definition) is 0. The third-order valence-electron chi connectivity index (χ3n) is 2.02. The minimum absolute atomic E-state index is 0.116. The quantitative estimate of drug-likeness (QED) is 0.701. The van der Waals surface area contributed by atoms with Gasteiger partial charge < -0.3 is 4.42 Å². The number of carbonyl (C=O) groups excluding carboxylic acids is 1. The number of ketones is 1. The number of aromatic nitrogens is 2. The van der Waals surface area contributed by atoms with Gasteiger partial charge in [-0.3, -0.25) is 9.78 Å². The second kappa shape index (κ2) is 3.65. The third kappa shape index (κ3) is 1.79. The Bertz CT molecular complexity index is 489. The van der Waals surface area contributed by atoms with Crippen LogP contribution in [0.2, 0.25) is 0 Å². The summed E-state index contributed by atoms with van der Waals surface area (Å²) in [6.07, 6.45) is 3.32. The van der Waals surface area contributed by atoms with Crippen LogP contribution in [0.1, 0.15) is 23.2 Å². The molecule has 0 radical (unpaired) electrons. The van der Waals surface area contributed by atoms with E-state index in [0.29, 0.717) is 17.3 Å². The van der Waals surface area contributed by atoms with Crippen molar-refractivity contribution in [3.05, 3.63) is 36.0 Å². The van der Waals surface area contributed by atoms with Gasteiger partial charge in [0.1, 0.15) is 0 Å². The highest BCUT2D eigenvalue weighted by Crippen LogP contribution is 2.20. The topological polar surface area (TPSA) is 56.0 Å². The molecule has 4 nitrogen and oxygen atoms in total. The number of Topliss-reactive ketones (excluding diaryl/α,β-unsaturated/α-hetero) is 1. The molecule has 15 heavy (non-hydrogen) atoms. The number of carbonyl (C=O) groups is 1. The lowest BCUT2D eigenvalue weighted by Gasteiger charge is -1.91. The summed E-state index contributed by atoms with van der Waals surface area (Å²) in [5.74, 6) is 0.634. The van der Waals surface area contributed by atoms with E-state index in [1.165, 1.54) is 6.92 Å². The highest BCUT2D eigenvalue weighted by atomic mass is 16.4. The molecular formula is C11H10N2O2. The molecule has 2 aromatic rings. The van der Waals surface area contributed by atoms with E-state index in [0.717, 1.165) is 5.56 Å². The average molecular weight is 202 g/mol. The Morgan fingerprint density at radius 3 is 2.80 bits per heavy atom. The van der Waals surface area contributed by atoms with Crippen LogP contribution in [0, 0.1) is 6.92 Å². The lowest BCUT2D eigenvalue weighted by molar-refractivity contribution is 0.0987. The smallest absolute Gasteiger partial charge is 0.228 e. The summed E-state index contributed by atoms with van der Waals surface area (Å²) in [7, 11) is 0. The molecule has 0 unspecified atom stereocenters. The van der Waals surface area contributed by atoms with Crippen molar-refractivity contribution >= 4 is 5.78 Å². The van der Waals surface area contributed by atoms with Gasteiger partial charge in [-0.25, -0.2) is 4.98 Å². The van der Waals surface area contributed by atoms with Crippen LogP contribution in [0.5, 0.6) is 0 Å². The zero-order valence-electron chi connectivity index (χ0n) is 8.52. The van der Waals surface area contributed by atoms with E-state index in [2.05, 4.69) is 9.97 Å². The molecule has 2 rings (SSSR count). The summed E-state index contributed by atoms with van der Waals surface area (Å²) in [5, 5.41) is 0. The van der Waals surface area contributed by atoms with Gasteiger partial charge in [-0.15, -0.1) is 0 Å². The maximum atomic E-state index is 11.2. The molecule has 0 aliphatic rings. The van der Waals surface area contributed by atoms with Crippen LogP contribution in [0.3, 0.4) is 0 Å². The van der Waals surface area contributed by atoms with Crippen molar-refractivity contribution in [2.75, 3.05) is 0 Å². The summed E-state index contributed by atoms with van der Waals surface area (Å²) in [6, 6.07) is 3.63. The molecule has 2 aromatic heterocycles. The minimum atomic E-state index is -0.116. The van der Waals surface area contributed by atoms with Crippen molar-refractivity contribution in [3.8, 4) is 11.5 Å². The van der Waals surface area contributed by atoms with E-state index >= 15 is 0 Å². The fraction of sp³-hybridized carbons (Fsp3) is 0.182. The second-order valence-corrected chi connectivity index (χ2v) is 3.23. The average Bonchev–Trinajstić information content (AvgIpc) is 2.62. The molecule has 4 heteroatoms. The van der Waals surface area contributed by atoms with Gasteiger partial charge in [0, 0.05) is 19.3 Å². The van der Waals surface area contributed by atoms with Crippen LogP contribution in [0.4, 0.5) is 0 Å². The molecule has 0 saturated carbocycles. The first-order chi connectivity index (χ1) is 7.18. The molecule has 0 amide bonds. The maximum Gasteiger partial charge on any atom is 0.228 e. The number of oxazole rings is 1.